The minimum absolute atomic E-state index is 0.0697. The lowest BCUT2D eigenvalue weighted by Crippen LogP contribution is -2.13. The number of esters is 1. The van der Waals surface area contributed by atoms with E-state index in [9.17, 15) is 9.90 Å². The molecule has 0 heterocycles. The maximum atomic E-state index is 10.7. The van der Waals surface area contributed by atoms with Crippen LogP contribution in [-0.4, -0.2) is 24.3 Å². The Morgan fingerprint density at radius 3 is 2.58 bits per heavy atom. The summed E-state index contributed by atoms with van der Waals surface area (Å²) < 4.78 is 4.41. The van der Waals surface area contributed by atoms with Crippen molar-refractivity contribution in [2.24, 2.45) is 0 Å². The molecule has 1 unspecified atom stereocenters. The smallest absolute Gasteiger partial charge is 0.308 e. The predicted octanol–water partition coefficient (Wildman–Crippen LogP) is 1.27. The minimum Gasteiger partial charge on any atom is -0.469 e. The Labute approximate surface area is 73.0 Å². The first kappa shape index (κ1) is 11.2. The van der Waals surface area contributed by atoms with E-state index in [-0.39, 0.29) is 12.4 Å². The Morgan fingerprint density at radius 1 is 1.58 bits per heavy atom. The molecule has 0 aliphatic carbocycles. The summed E-state index contributed by atoms with van der Waals surface area (Å²) in [7, 11) is 1.32. The highest BCUT2D eigenvalue weighted by molar-refractivity contribution is 5.69. The Morgan fingerprint density at radius 2 is 2.17 bits per heavy atom. The second kappa shape index (κ2) is 5.77. The second-order valence-electron chi connectivity index (χ2n) is 2.95. The fraction of sp³-hybridized carbons (Fsp3) is 0.667. The Kier molecular flexibility index (Phi) is 5.37. The van der Waals surface area contributed by atoms with Gasteiger partial charge in [-0.1, -0.05) is 11.6 Å². The van der Waals surface area contributed by atoms with Gasteiger partial charge in [-0.05, 0) is 20.3 Å². The standard InChI is InChI=1S/C9H16O3/c1-7(2)4-5-8(10)6-9(11)12-3/h4,8,10H,5-6H2,1-3H3. The minimum atomic E-state index is -0.618. The SMILES string of the molecule is COC(=O)CC(O)CC=C(C)C. The van der Waals surface area contributed by atoms with Crippen LogP contribution < -0.4 is 0 Å². The summed E-state index contributed by atoms with van der Waals surface area (Å²) in [5, 5.41) is 9.25. The van der Waals surface area contributed by atoms with Crippen molar-refractivity contribution in [2.75, 3.05) is 7.11 Å². The van der Waals surface area contributed by atoms with Gasteiger partial charge in [0.2, 0.25) is 0 Å². The molecule has 1 atom stereocenters. The monoisotopic (exact) mass is 172 g/mol. The number of aliphatic hydroxyl groups is 1. The van der Waals surface area contributed by atoms with Crippen molar-refractivity contribution in [1.82, 2.24) is 0 Å². The van der Waals surface area contributed by atoms with Crippen molar-refractivity contribution < 1.29 is 14.6 Å². The van der Waals surface area contributed by atoms with E-state index in [0.29, 0.717) is 6.42 Å². The third-order valence-corrected chi connectivity index (χ3v) is 1.43. The van der Waals surface area contributed by atoms with Gasteiger partial charge in [0, 0.05) is 0 Å². The van der Waals surface area contributed by atoms with Gasteiger partial charge in [0.1, 0.15) is 0 Å². The summed E-state index contributed by atoms with van der Waals surface area (Å²) in [5.74, 6) is -0.371. The lowest BCUT2D eigenvalue weighted by molar-refractivity contribution is -0.142. The first-order chi connectivity index (χ1) is 5.56. The molecule has 0 radical (unpaired) electrons. The van der Waals surface area contributed by atoms with Gasteiger partial charge in [-0.2, -0.15) is 0 Å². The third kappa shape index (κ3) is 5.92. The molecule has 3 heteroatoms. The van der Waals surface area contributed by atoms with Crippen molar-refractivity contribution in [3.05, 3.63) is 11.6 Å². The zero-order chi connectivity index (χ0) is 9.56. The number of rotatable bonds is 4. The maximum absolute atomic E-state index is 10.7. The zero-order valence-electron chi connectivity index (χ0n) is 7.83. The summed E-state index contributed by atoms with van der Waals surface area (Å²) in [4.78, 5) is 10.7. The Bertz CT molecular complexity index is 169. The van der Waals surface area contributed by atoms with Crippen LogP contribution in [0.4, 0.5) is 0 Å². The molecule has 70 valence electrons. The number of hydrogen-bond donors (Lipinski definition) is 1. The summed E-state index contributed by atoms with van der Waals surface area (Å²) in [6.45, 7) is 3.90. The third-order valence-electron chi connectivity index (χ3n) is 1.43. The predicted molar refractivity (Wildman–Crippen MR) is 46.7 cm³/mol. The topological polar surface area (TPSA) is 46.5 Å². The highest BCUT2D eigenvalue weighted by atomic mass is 16.5. The molecule has 12 heavy (non-hydrogen) atoms. The molecule has 0 aromatic carbocycles. The van der Waals surface area contributed by atoms with Crippen LogP contribution in [0.15, 0.2) is 11.6 Å². The average molecular weight is 172 g/mol. The van der Waals surface area contributed by atoms with E-state index < -0.39 is 6.10 Å². The van der Waals surface area contributed by atoms with Crippen LogP contribution in [0.3, 0.4) is 0 Å². The quantitative estimate of drug-likeness (QED) is 0.513. The highest BCUT2D eigenvalue weighted by Crippen LogP contribution is 2.02. The first-order valence-corrected chi connectivity index (χ1v) is 3.94. The fourth-order valence-electron chi connectivity index (χ4n) is 0.731. The van der Waals surface area contributed by atoms with Gasteiger partial charge in [0.15, 0.2) is 0 Å². The lowest BCUT2D eigenvalue weighted by atomic mass is 10.1. The van der Waals surface area contributed by atoms with Crippen LogP contribution >= 0.6 is 0 Å². The van der Waals surface area contributed by atoms with Crippen LogP contribution in [-0.2, 0) is 9.53 Å². The largest absolute Gasteiger partial charge is 0.469 e. The molecule has 3 nitrogen and oxygen atoms in total. The first-order valence-electron chi connectivity index (χ1n) is 3.94. The van der Waals surface area contributed by atoms with Gasteiger partial charge in [-0.25, -0.2) is 0 Å². The van der Waals surface area contributed by atoms with Crippen molar-refractivity contribution in [3.8, 4) is 0 Å². The molecule has 0 spiro atoms. The Balaban J connectivity index is 3.67. The molecule has 0 aromatic heterocycles. The van der Waals surface area contributed by atoms with Gasteiger partial charge < -0.3 is 9.84 Å². The number of hydrogen-bond acceptors (Lipinski definition) is 3. The van der Waals surface area contributed by atoms with Crippen molar-refractivity contribution in [3.63, 3.8) is 0 Å². The van der Waals surface area contributed by atoms with Crippen molar-refractivity contribution in [1.29, 1.82) is 0 Å². The van der Waals surface area contributed by atoms with Gasteiger partial charge in [0.25, 0.3) is 0 Å². The van der Waals surface area contributed by atoms with E-state index in [1.807, 2.05) is 19.9 Å². The van der Waals surface area contributed by atoms with E-state index in [2.05, 4.69) is 4.74 Å². The van der Waals surface area contributed by atoms with Gasteiger partial charge in [0.05, 0.1) is 19.6 Å². The lowest BCUT2D eigenvalue weighted by Gasteiger charge is -2.05. The molecule has 0 amide bonds. The number of ether oxygens (including phenoxy) is 1. The highest BCUT2D eigenvalue weighted by Gasteiger charge is 2.08. The average Bonchev–Trinajstić information content (AvgIpc) is 2.00. The van der Waals surface area contributed by atoms with Crippen LogP contribution in [0.2, 0.25) is 0 Å². The van der Waals surface area contributed by atoms with Crippen LogP contribution in [0.5, 0.6) is 0 Å². The van der Waals surface area contributed by atoms with E-state index in [1.165, 1.54) is 7.11 Å². The number of methoxy groups -OCH3 is 1. The molecule has 1 N–H and O–H groups in total. The molecule has 0 aliphatic rings. The van der Waals surface area contributed by atoms with E-state index >= 15 is 0 Å². The Hall–Kier alpha value is -0.830. The maximum Gasteiger partial charge on any atom is 0.308 e. The van der Waals surface area contributed by atoms with Crippen molar-refractivity contribution in [2.45, 2.75) is 32.8 Å². The summed E-state index contributed by atoms with van der Waals surface area (Å²) in [5.41, 5.74) is 1.14. The molecule has 0 aliphatic heterocycles. The summed E-state index contributed by atoms with van der Waals surface area (Å²) >= 11 is 0. The summed E-state index contributed by atoms with van der Waals surface area (Å²) in [6.07, 6.45) is 1.86. The molecule has 0 fully saturated rings. The van der Waals surface area contributed by atoms with Gasteiger partial charge in [-0.3, -0.25) is 4.79 Å². The molecule has 0 saturated heterocycles. The molecule has 0 aromatic rings. The molecule has 0 rings (SSSR count). The van der Waals surface area contributed by atoms with Gasteiger partial charge >= 0.3 is 5.97 Å². The van der Waals surface area contributed by atoms with Crippen molar-refractivity contribution >= 4 is 5.97 Å². The second-order valence-corrected chi connectivity index (χ2v) is 2.95. The molecular formula is C9H16O3. The molecular weight excluding hydrogens is 156 g/mol. The normalized spacial score (nSPS) is 12.0. The van der Waals surface area contributed by atoms with Crippen LogP contribution in [0, 0.1) is 0 Å². The van der Waals surface area contributed by atoms with E-state index in [4.69, 9.17) is 0 Å². The van der Waals surface area contributed by atoms with Gasteiger partial charge in [-0.15, -0.1) is 0 Å². The number of carbonyl (C=O) groups excluding carboxylic acids is 1. The summed E-state index contributed by atoms with van der Waals surface area (Å²) in [6, 6.07) is 0. The molecule has 0 bridgehead atoms. The zero-order valence-corrected chi connectivity index (χ0v) is 7.83. The molecule has 0 saturated carbocycles. The van der Waals surface area contributed by atoms with E-state index in [1.54, 1.807) is 0 Å². The van der Waals surface area contributed by atoms with E-state index in [0.717, 1.165) is 5.57 Å². The van der Waals surface area contributed by atoms with Crippen LogP contribution in [0.1, 0.15) is 26.7 Å². The number of aliphatic hydroxyl groups excluding tert-OH is 1. The number of allylic oxidation sites excluding steroid dienone is 1. The fourth-order valence-corrected chi connectivity index (χ4v) is 0.731. The van der Waals surface area contributed by atoms with Crippen LogP contribution in [0.25, 0.3) is 0 Å². The number of carbonyl (C=O) groups is 1.